The first-order valence-electron chi connectivity index (χ1n) is 8.57. The Balaban J connectivity index is 1.89. The van der Waals surface area contributed by atoms with E-state index in [4.69, 9.17) is 0 Å². The molecule has 0 heterocycles. The Hall–Kier alpha value is 0. The van der Waals surface area contributed by atoms with Crippen LogP contribution in [0.1, 0.15) is 85.5 Å². The van der Waals surface area contributed by atoms with Gasteiger partial charge in [0.15, 0.2) is 0 Å². The summed E-state index contributed by atoms with van der Waals surface area (Å²) in [7, 11) is 0. The van der Waals surface area contributed by atoms with Crippen molar-refractivity contribution in [3.05, 3.63) is 0 Å². The molecular formula is C18H34. The molecular weight excluding hydrogens is 216 g/mol. The molecule has 2 fully saturated rings. The third kappa shape index (κ3) is 2.94. The van der Waals surface area contributed by atoms with Gasteiger partial charge in [-0.1, -0.05) is 66.2 Å². The van der Waals surface area contributed by atoms with E-state index in [1.54, 1.807) is 6.42 Å². The molecule has 18 heavy (non-hydrogen) atoms. The Labute approximate surface area is 115 Å². The summed E-state index contributed by atoms with van der Waals surface area (Å²) in [5.41, 5.74) is 0.699. The SMILES string of the molecule is CCC(C)C(C)C1CCC1(C)CC1CCCCC1. The van der Waals surface area contributed by atoms with Crippen LogP contribution in [-0.4, -0.2) is 0 Å². The van der Waals surface area contributed by atoms with E-state index >= 15 is 0 Å². The van der Waals surface area contributed by atoms with Crippen LogP contribution in [-0.2, 0) is 0 Å². The van der Waals surface area contributed by atoms with Crippen molar-refractivity contribution < 1.29 is 0 Å². The fraction of sp³-hybridized carbons (Fsp3) is 1.00. The molecule has 0 aromatic rings. The van der Waals surface area contributed by atoms with Gasteiger partial charge >= 0.3 is 0 Å². The molecule has 0 nitrogen and oxygen atoms in total. The van der Waals surface area contributed by atoms with Gasteiger partial charge in [-0.2, -0.15) is 0 Å². The highest BCUT2D eigenvalue weighted by Crippen LogP contribution is 2.56. The van der Waals surface area contributed by atoms with Gasteiger partial charge in [-0.15, -0.1) is 0 Å². The topological polar surface area (TPSA) is 0 Å². The zero-order chi connectivity index (χ0) is 13.2. The smallest absolute Gasteiger partial charge is 0.0292 e. The molecule has 4 unspecified atom stereocenters. The van der Waals surface area contributed by atoms with E-state index < -0.39 is 0 Å². The number of rotatable bonds is 5. The molecule has 2 aliphatic rings. The molecule has 2 saturated carbocycles. The summed E-state index contributed by atoms with van der Waals surface area (Å²) in [5.74, 6) is 3.95. The van der Waals surface area contributed by atoms with Crippen molar-refractivity contribution in [3.63, 3.8) is 0 Å². The summed E-state index contributed by atoms with van der Waals surface area (Å²) >= 11 is 0. The summed E-state index contributed by atoms with van der Waals surface area (Å²) in [4.78, 5) is 0. The lowest BCUT2D eigenvalue weighted by molar-refractivity contribution is -0.0336. The fourth-order valence-electron chi connectivity index (χ4n) is 4.77. The first-order valence-corrected chi connectivity index (χ1v) is 8.57. The van der Waals surface area contributed by atoms with Gasteiger partial charge < -0.3 is 0 Å². The Morgan fingerprint density at radius 3 is 2.22 bits per heavy atom. The van der Waals surface area contributed by atoms with Crippen LogP contribution in [0.15, 0.2) is 0 Å². The minimum absolute atomic E-state index is 0.699. The minimum Gasteiger partial charge on any atom is -0.0651 e. The molecule has 0 aromatic carbocycles. The Bertz CT molecular complexity index is 251. The average Bonchev–Trinajstić information content (AvgIpc) is 2.37. The van der Waals surface area contributed by atoms with Gasteiger partial charge in [-0.25, -0.2) is 0 Å². The predicted octanol–water partition coefficient (Wildman–Crippen LogP) is 6.06. The van der Waals surface area contributed by atoms with Crippen molar-refractivity contribution >= 4 is 0 Å². The second-order valence-electron chi connectivity index (χ2n) is 7.75. The van der Waals surface area contributed by atoms with Crippen molar-refractivity contribution in [1.29, 1.82) is 0 Å². The Morgan fingerprint density at radius 1 is 1.06 bits per heavy atom. The first-order chi connectivity index (χ1) is 8.57. The van der Waals surface area contributed by atoms with Crippen LogP contribution in [0.5, 0.6) is 0 Å². The van der Waals surface area contributed by atoms with Gasteiger partial charge in [0.2, 0.25) is 0 Å². The zero-order valence-corrected chi connectivity index (χ0v) is 13.2. The highest BCUT2D eigenvalue weighted by Gasteiger charge is 2.46. The summed E-state index contributed by atoms with van der Waals surface area (Å²) in [6.45, 7) is 9.95. The molecule has 4 atom stereocenters. The van der Waals surface area contributed by atoms with Gasteiger partial charge in [0.1, 0.15) is 0 Å². The maximum atomic E-state index is 2.61. The van der Waals surface area contributed by atoms with E-state index in [1.165, 1.54) is 51.4 Å². The molecule has 0 aromatic heterocycles. The van der Waals surface area contributed by atoms with Crippen molar-refractivity contribution in [1.82, 2.24) is 0 Å². The molecule has 106 valence electrons. The van der Waals surface area contributed by atoms with Crippen molar-refractivity contribution in [3.8, 4) is 0 Å². The molecule has 2 rings (SSSR count). The zero-order valence-electron chi connectivity index (χ0n) is 13.2. The summed E-state index contributed by atoms with van der Waals surface area (Å²) in [6, 6.07) is 0. The van der Waals surface area contributed by atoms with Crippen LogP contribution in [0.3, 0.4) is 0 Å². The highest BCUT2D eigenvalue weighted by atomic mass is 14.5. The standard InChI is InChI=1S/C18H34/c1-5-14(2)15(3)17-11-12-18(17,4)13-16-9-7-6-8-10-16/h14-17H,5-13H2,1-4H3. The largest absolute Gasteiger partial charge is 0.0651 e. The van der Waals surface area contributed by atoms with Crippen LogP contribution in [0.2, 0.25) is 0 Å². The van der Waals surface area contributed by atoms with Gasteiger partial charge in [0.25, 0.3) is 0 Å². The van der Waals surface area contributed by atoms with Crippen molar-refractivity contribution in [2.24, 2.45) is 29.1 Å². The van der Waals surface area contributed by atoms with Gasteiger partial charge in [-0.3, -0.25) is 0 Å². The van der Waals surface area contributed by atoms with E-state index in [0.717, 1.165) is 23.7 Å². The third-order valence-corrected chi connectivity index (χ3v) is 6.58. The quantitative estimate of drug-likeness (QED) is 0.556. The van der Waals surface area contributed by atoms with Crippen LogP contribution in [0.25, 0.3) is 0 Å². The Morgan fingerprint density at radius 2 is 1.72 bits per heavy atom. The normalized spacial score (nSPS) is 37.0. The predicted molar refractivity (Wildman–Crippen MR) is 80.6 cm³/mol. The van der Waals surface area contributed by atoms with Crippen LogP contribution >= 0.6 is 0 Å². The van der Waals surface area contributed by atoms with E-state index in [2.05, 4.69) is 27.7 Å². The monoisotopic (exact) mass is 250 g/mol. The molecule has 0 spiro atoms. The average molecular weight is 250 g/mol. The number of hydrogen-bond donors (Lipinski definition) is 0. The summed E-state index contributed by atoms with van der Waals surface area (Å²) < 4.78 is 0. The Kier molecular flexibility index (Phi) is 4.78. The van der Waals surface area contributed by atoms with Gasteiger partial charge in [0, 0.05) is 0 Å². The van der Waals surface area contributed by atoms with Crippen molar-refractivity contribution in [2.45, 2.75) is 85.5 Å². The summed E-state index contributed by atoms with van der Waals surface area (Å²) in [5, 5.41) is 0. The van der Waals surface area contributed by atoms with Crippen LogP contribution in [0, 0.1) is 29.1 Å². The lowest BCUT2D eigenvalue weighted by atomic mass is 9.52. The molecule has 0 aliphatic heterocycles. The maximum Gasteiger partial charge on any atom is -0.0292 e. The second-order valence-corrected chi connectivity index (χ2v) is 7.75. The first kappa shape index (κ1) is 14.4. The van der Waals surface area contributed by atoms with E-state index in [-0.39, 0.29) is 0 Å². The van der Waals surface area contributed by atoms with E-state index in [0.29, 0.717) is 5.41 Å². The van der Waals surface area contributed by atoms with Gasteiger partial charge in [0.05, 0.1) is 0 Å². The van der Waals surface area contributed by atoms with E-state index in [1.807, 2.05) is 0 Å². The molecule has 0 bridgehead atoms. The lowest BCUT2D eigenvalue weighted by Gasteiger charge is -2.53. The molecule has 0 N–H and O–H groups in total. The molecule has 0 saturated heterocycles. The molecule has 0 amide bonds. The van der Waals surface area contributed by atoms with Crippen LogP contribution in [0.4, 0.5) is 0 Å². The highest BCUT2D eigenvalue weighted by molar-refractivity contribution is 4.96. The fourth-order valence-corrected chi connectivity index (χ4v) is 4.77. The molecule has 0 radical (unpaired) electrons. The summed E-state index contributed by atoms with van der Waals surface area (Å²) in [6.07, 6.45) is 13.5. The maximum absolute atomic E-state index is 2.61. The molecule has 2 aliphatic carbocycles. The van der Waals surface area contributed by atoms with Crippen LogP contribution < -0.4 is 0 Å². The molecule has 0 heteroatoms. The van der Waals surface area contributed by atoms with Crippen molar-refractivity contribution in [2.75, 3.05) is 0 Å². The lowest BCUT2D eigenvalue weighted by Crippen LogP contribution is -2.44. The third-order valence-electron chi connectivity index (χ3n) is 6.58. The second kappa shape index (κ2) is 5.97. The minimum atomic E-state index is 0.699. The van der Waals surface area contributed by atoms with E-state index in [9.17, 15) is 0 Å². The van der Waals surface area contributed by atoms with Gasteiger partial charge in [-0.05, 0) is 48.3 Å². The number of hydrogen-bond acceptors (Lipinski definition) is 0.